The highest BCUT2D eigenvalue weighted by molar-refractivity contribution is 5.49. The van der Waals surface area contributed by atoms with E-state index in [9.17, 15) is 5.26 Å². The standard InChI is InChI=1S/C24H29N/c1-3-5-6-7-9-17-22(19-25)24(21-15-10-8-11-16-21)23-18-13-12-14-20(23)4-2/h8,10-18,24H,3-7,9H2,1-2H3. The first-order valence-electron chi connectivity index (χ1n) is 9.54. The molecule has 0 saturated heterocycles. The molecule has 2 aromatic rings. The topological polar surface area (TPSA) is 23.8 Å². The third kappa shape index (κ3) is 5.33. The van der Waals surface area contributed by atoms with Crippen molar-refractivity contribution in [1.29, 1.82) is 5.26 Å². The fraction of sp³-hybridized carbons (Fsp3) is 0.375. The summed E-state index contributed by atoms with van der Waals surface area (Å²) in [4.78, 5) is 0. The van der Waals surface area contributed by atoms with Crippen LogP contribution in [-0.4, -0.2) is 0 Å². The molecule has 0 N–H and O–H groups in total. The molecule has 0 heterocycles. The van der Waals surface area contributed by atoms with Gasteiger partial charge in [0, 0.05) is 11.5 Å². The van der Waals surface area contributed by atoms with Crippen LogP contribution < -0.4 is 0 Å². The number of nitrogens with zero attached hydrogens (tertiary/aromatic N) is 1. The van der Waals surface area contributed by atoms with Gasteiger partial charge in [0.1, 0.15) is 0 Å². The number of allylic oxidation sites excluding steroid dienone is 2. The summed E-state index contributed by atoms with van der Waals surface area (Å²) in [6, 6.07) is 21.5. The molecular weight excluding hydrogens is 302 g/mol. The van der Waals surface area contributed by atoms with Crippen molar-refractivity contribution < 1.29 is 0 Å². The summed E-state index contributed by atoms with van der Waals surface area (Å²) in [5, 5.41) is 9.87. The first-order valence-corrected chi connectivity index (χ1v) is 9.54. The Bertz CT molecular complexity index is 706. The second kappa shape index (κ2) is 10.5. The van der Waals surface area contributed by atoms with Gasteiger partial charge >= 0.3 is 0 Å². The Balaban J connectivity index is 2.37. The summed E-state index contributed by atoms with van der Waals surface area (Å²) in [7, 11) is 0. The van der Waals surface area contributed by atoms with Gasteiger partial charge in [-0.25, -0.2) is 0 Å². The van der Waals surface area contributed by atoms with E-state index in [1.165, 1.54) is 36.0 Å². The second-order valence-corrected chi connectivity index (χ2v) is 6.52. The summed E-state index contributed by atoms with van der Waals surface area (Å²) < 4.78 is 0. The van der Waals surface area contributed by atoms with E-state index in [1.54, 1.807) is 0 Å². The van der Waals surface area contributed by atoms with Crippen molar-refractivity contribution in [3.8, 4) is 6.07 Å². The predicted octanol–water partition coefficient (Wildman–Crippen LogP) is 6.80. The molecule has 0 spiro atoms. The van der Waals surface area contributed by atoms with E-state index in [0.29, 0.717) is 0 Å². The molecule has 130 valence electrons. The smallest absolute Gasteiger partial charge is 0.0953 e. The first-order chi connectivity index (χ1) is 12.3. The van der Waals surface area contributed by atoms with Crippen molar-refractivity contribution in [2.24, 2.45) is 0 Å². The number of nitriles is 1. The molecule has 2 rings (SSSR count). The highest BCUT2D eigenvalue weighted by atomic mass is 14.3. The fourth-order valence-corrected chi connectivity index (χ4v) is 3.37. The molecule has 0 aromatic heterocycles. The van der Waals surface area contributed by atoms with Gasteiger partial charge in [0.25, 0.3) is 0 Å². The van der Waals surface area contributed by atoms with Crippen LogP contribution in [0.25, 0.3) is 0 Å². The Morgan fingerprint density at radius 2 is 1.68 bits per heavy atom. The Hall–Kier alpha value is -2.33. The molecule has 1 heteroatoms. The van der Waals surface area contributed by atoms with Crippen LogP contribution in [0.2, 0.25) is 0 Å². The van der Waals surface area contributed by atoms with Gasteiger partial charge in [0.05, 0.1) is 6.07 Å². The van der Waals surface area contributed by atoms with Crippen LogP contribution in [0.4, 0.5) is 0 Å². The lowest BCUT2D eigenvalue weighted by molar-refractivity contribution is 0.672. The van der Waals surface area contributed by atoms with Gasteiger partial charge in [-0.2, -0.15) is 5.26 Å². The molecule has 0 bridgehead atoms. The number of rotatable bonds is 9. The zero-order valence-corrected chi connectivity index (χ0v) is 15.5. The minimum atomic E-state index is 0.0357. The van der Waals surface area contributed by atoms with Gasteiger partial charge in [-0.1, -0.05) is 93.8 Å². The molecule has 0 aliphatic heterocycles. The average Bonchev–Trinajstić information content (AvgIpc) is 2.67. The minimum absolute atomic E-state index is 0.0357. The lowest BCUT2D eigenvalue weighted by Crippen LogP contribution is -2.07. The molecule has 0 aliphatic carbocycles. The van der Waals surface area contributed by atoms with Crippen molar-refractivity contribution in [2.75, 3.05) is 0 Å². The van der Waals surface area contributed by atoms with Crippen LogP contribution in [0.15, 0.2) is 66.2 Å². The van der Waals surface area contributed by atoms with Crippen LogP contribution >= 0.6 is 0 Å². The molecule has 0 saturated carbocycles. The summed E-state index contributed by atoms with van der Waals surface area (Å²) >= 11 is 0. The highest BCUT2D eigenvalue weighted by Crippen LogP contribution is 2.34. The molecule has 1 nitrogen and oxygen atoms in total. The first kappa shape index (κ1) is 19.0. The number of aryl methyl sites for hydroxylation is 1. The zero-order chi connectivity index (χ0) is 17.9. The lowest BCUT2D eigenvalue weighted by atomic mass is 9.82. The van der Waals surface area contributed by atoms with E-state index < -0.39 is 0 Å². The molecule has 0 amide bonds. The van der Waals surface area contributed by atoms with Crippen LogP contribution in [0, 0.1) is 11.3 Å². The third-order valence-electron chi connectivity index (χ3n) is 4.74. The maximum atomic E-state index is 9.87. The molecule has 1 unspecified atom stereocenters. The Labute approximate surface area is 153 Å². The molecule has 2 aromatic carbocycles. The number of benzene rings is 2. The molecule has 0 aliphatic rings. The van der Waals surface area contributed by atoms with Gasteiger partial charge in [0.2, 0.25) is 0 Å². The molecule has 0 fully saturated rings. The van der Waals surface area contributed by atoms with Crippen LogP contribution in [0.3, 0.4) is 0 Å². The van der Waals surface area contributed by atoms with Crippen LogP contribution in [0.5, 0.6) is 0 Å². The number of hydrogen-bond donors (Lipinski definition) is 0. The molecular formula is C24H29N. The van der Waals surface area contributed by atoms with Gasteiger partial charge in [0.15, 0.2) is 0 Å². The van der Waals surface area contributed by atoms with Gasteiger partial charge in [-0.05, 0) is 36.0 Å². The van der Waals surface area contributed by atoms with Gasteiger partial charge in [-0.15, -0.1) is 0 Å². The maximum Gasteiger partial charge on any atom is 0.0953 e. The van der Waals surface area contributed by atoms with E-state index in [1.807, 2.05) is 6.07 Å². The van der Waals surface area contributed by atoms with Crippen molar-refractivity contribution in [3.63, 3.8) is 0 Å². The minimum Gasteiger partial charge on any atom is -0.193 e. The molecule has 0 radical (unpaired) electrons. The van der Waals surface area contributed by atoms with Gasteiger partial charge in [-0.3, -0.25) is 0 Å². The van der Waals surface area contributed by atoms with Gasteiger partial charge < -0.3 is 0 Å². The normalized spacial score (nSPS) is 12.6. The van der Waals surface area contributed by atoms with Crippen molar-refractivity contribution >= 4 is 0 Å². The Kier molecular flexibility index (Phi) is 7.99. The van der Waals surface area contributed by atoms with Crippen molar-refractivity contribution in [2.45, 2.75) is 58.3 Å². The Morgan fingerprint density at radius 1 is 0.960 bits per heavy atom. The molecule has 1 atom stereocenters. The highest BCUT2D eigenvalue weighted by Gasteiger charge is 2.21. The summed E-state index contributed by atoms with van der Waals surface area (Å²) in [6.07, 6.45) is 9.06. The summed E-state index contributed by atoms with van der Waals surface area (Å²) in [5.41, 5.74) is 4.66. The van der Waals surface area contributed by atoms with Crippen LogP contribution in [0.1, 0.15) is 68.6 Å². The van der Waals surface area contributed by atoms with E-state index in [4.69, 9.17) is 0 Å². The largest absolute Gasteiger partial charge is 0.193 e. The lowest BCUT2D eigenvalue weighted by Gasteiger charge is -2.20. The Morgan fingerprint density at radius 3 is 2.36 bits per heavy atom. The average molecular weight is 332 g/mol. The quantitative estimate of drug-likeness (QED) is 0.366. The van der Waals surface area contributed by atoms with E-state index in [2.05, 4.69) is 74.5 Å². The monoisotopic (exact) mass is 331 g/mol. The van der Waals surface area contributed by atoms with E-state index >= 15 is 0 Å². The van der Waals surface area contributed by atoms with E-state index in [-0.39, 0.29) is 5.92 Å². The summed E-state index contributed by atoms with van der Waals surface area (Å²) in [5.74, 6) is 0.0357. The maximum absolute atomic E-state index is 9.87. The van der Waals surface area contributed by atoms with E-state index in [0.717, 1.165) is 24.8 Å². The number of hydrogen-bond acceptors (Lipinski definition) is 1. The van der Waals surface area contributed by atoms with Crippen LogP contribution in [-0.2, 0) is 6.42 Å². The predicted molar refractivity (Wildman–Crippen MR) is 107 cm³/mol. The number of unbranched alkanes of at least 4 members (excludes halogenated alkanes) is 4. The summed E-state index contributed by atoms with van der Waals surface area (Å²) in [6.45, 7) is 4.41. The second-order valence-electron chi connectivity index (χ2n) is 6.52. The fourth-order valence-electron chi connectivity index (χ4n) is 3.37. The van der Waals surface area contributed by atoms with Crippen molar-refractivity contribution in [3.05, 3.63) is 82.9 Å². The zero-order valence-electron chi connectivity index (χ0n) is 15.5. The molecule has 25 heavy (non-hydrogen) atoms. The van der Waals surface area contributed by atoms with Crippen molar-refractivity contribution in [1.82, 2.24) is 0 Å². The SMILES string of the molecule is CCCCCCC=C(C#N)C(c1ccccc1)c1ccccc1CC. The third-order valence-corrected chi connectivity index (χ3v) is 4.74.